The summed E-state index contributed by atoms with van der Waals surface area (Å²) < 4.78 is 5.81. The van der Waals surface area contributed by atoms with Crippen molar-refractivity contribution in [1.29, 1.82) is 5.26 Å². The van der Waals surface area contributed by atoms with Gasteiger partial charge in [0.2, 0.25) is 5.91 Å². The Balaban J connectivity index is 2.56. The van der Waals surface area contributed by atoms with E-state index >= 15 is 0 Å². The minimum Gasteiger partial charge on any atom is -0.370 e. The molecule has 0 spiro atoms. The standard InChI is InChI=1S/C18H21N5O3/c1-17(2,3)26-18(21,9-14(20)24)16-22-13(8-15(25)23-16)12-6-4-11(10-19)5-7-12/h4-8H,9,21H2,1-3H3,(H2,20,24)(H,22,23,25). The first-order chi connectivity index (χ1) is 12.0. The maximum Gasteiger partial charge on any atom is 0.251 e. The molecule has 26 heavy (non-hydrogen) atoms. The van der Waals surface area contributed by atoms with Crippen LogP contribution < -0.4 is 17.0 Å². The van der Waals surface area contributed by atoms with Gasteiger partial charge in [-0.25, -0.2) is 4.98 Å². The van der Waals surface area contributed by atoms with E-state index in [1.165, 1.54) is 6.07 Å². The van der Waals surface area contributed by atoms with Gasteiger partial charge in [-0.05, 0) is 32.9 Å². The van der Waals surface area contributed by atoms with Crippen LogP contribution in [-0.4, -0.2) is 21.5 Å². The number of hydrogen-bond donors (Lipinski definition) is 3. The molecule has 1 aromatic carbocycles. The number of nitrogens with zero attached hydrogens (tertiary/aromatic N) is 2. The van der Waals surface area contributed by atoms with Gasteiger partial charge in [0.15, 0.2) is 11.5 Å². The van der Waals surface area contributed by atoms with Gasteiger partial charge in [-0.1, -0.05) is 12.1 Å². The van der Waals surface area contributed by atoms with E-state index in [2.05, 4.69) is 9.97 Å². The van der Waals surface area contributed by atoms with E-state index in [-0.39, 0.29) is 12.2 Å². The highest BCUT2D eigenvalue weighted by Gasteiger charge is 2.38. The van der Waals surface area contributed by atoms with Gasteiger partial charge in [-0.3, -0.25) is 15.3 Å². The predicted octanol–water partition coefficient (Wildman–Crippen LogP) is 1.11. The van der Waals surface area contributed by atoms with E-state index in [4.69, 9.17) is 21.5 Å². The number of nitrogens with two attached hydrogens (primary N) is 2. The Morgan fingerprint density at radius 1 is 1.31 bits per heavy atom. The molecule has 2 rings (SSSR count). The van der Waals surface area contributed by atoms with Gasteiger partial charge in [0.05, 0.1) is 29.3 Å². The van der Waals surface area contributed by atoms with Crippen LogP contribution in [0, 0.1) is 11.3 Å². The van der Waals surface area contributed by atoms with E-state index in [0.717, 1.165) is 0 Å². The number of aromatic amines is 1. The van der Waals surface area contributed by atoms with Gasteiger partial charge in [0.1, 0.15) is 0 Å². The molecule has 0 saturated carbocycles. The summed E-state index contributed by atoms with van der Waals surface area (Å²) in [4.78, 5) is 30.5. The monoisotopic (exact) mass is 355 g/mol. The second-order valence-electron chi connectivity index (χ2n) is 6.92. The smallest absolute Gasteiger partial charge is 0.251 e. The lowest BCUT2D eigenvalue weighted by atomic mass is 10.1. The van der Waals surface area contributed by atoms with Crippen molar-refractivity contribution >= 4 is 5.91 Å². The molecule has 0 aliphatic carbocycles. The fourth-order valence-corrected chi connectivity index (χ4v) is 2.49. The van der Waals surface area contributed by atoms with Crippen LogP contribution in [0.5, 0.6) is 0 Å². The van der Waals surface area contributed by atoms with Crippen molar-refractivity contribution in [2.45, 2.75) is 38.5 Å². The Morgan fingerprint density at radius 2 is 1.92 bits per heavy atom. The molecule has 0 saturated heterocycles. The summed E-state index contributed by atoms with van der Waals surface area (Å²) in [6.45, 7) is 5.29. The third-order valence-corrected chi connectivity index (χ3v) is 3.38. The first-order valence-electron chi connectivity index (χ1n) is 7.92. The van der Waals surface area contributed by atoms with Crippen molar-refractivity contribution in [3.8, 4) is 17.3 Å². The van der Waals surface area contributed by atoms with Crippen LogP contribution in [0.15, 0.2) is 35.1 Å². The summed E-state index contributed by atoms with van der Waals surface area (Å²) in [7, 11) is 0. The Labute approximate surface area is 150 Å². The van der Waals surface area contributed by atoms with Gasteiger partial charge < -0.3 is 15.5 Å². The van der Waals surface area contributed by atoms with Gasteiger partial charge in [0, 0.05) is 11.6 Å². The Kier molecular flexibility index (Phi) is 5.25. The zero-order valence-electron chi connectivity index (χ0n) is 14.9. The van der Waals surface area contributed by atoms with Crippen LogP contribution in [0.25, 0.3) is 11.3 Å². The van der Waals surface area contributed by atoms with E-state index in [9.17, 15) is 9.59 Å². The van der Waals surface area contributed by atoms with Crippen molar-refractivity contribution in [2.75, 3.05) is 0 Å². The molecule has 5 N–H and O–H groups in total. The number of ether oxygens (including phenoxy) is 1. The maximum absolute atomic E-state index is 12.1. The van der Waals surface area contributed by atoms with E-state index in [0.29, 0.717) is 16.8 Å². The molecular formula is C18H21N5O3. The lowest BCUT2D eigenvalue weighted by Gasteiger charge is -2.34. The SMILES string of the molecule is CC(C)(C)OC(N)(CC(N)=O)c1nc(-c2ccc(C#N)cc2)cc(=O)[nH]1. The molecule has 0 bridgehead atoms. The number of nitriles is 1. The molecule has 0 aliphatic heterocycles. The van der Waals surface area contributed by atoms with Gasteiger partial charge in [-0.15, -0.1) is 0 Å². The molecule has 1 atom stereocenters. The lowest BCUT2D eigenvalue weighted by Crippen LogP contribution is -2.49. The average molecular weight is 355 g/mol. The zero-order chi connectivity index (χ0) is 19.5. The topological polar surface area (TPSA) is 148 Å². The number of nitrogens with one attached hydrogen (secondary N) is 1. The summed E-state index contributed by atoms with van der Waals surface area (Å²) >= 11 is 0. The van der Waals surface area contributed by atoms with E-state index in [1.54, 1.807) is 45.0 Å². The first-order valence-corrected chi connectivity index (χ1v) is 7.92. The number of benzene rings is 1. The highest BCUT2D eigenvalue weighted by Crippen LogP contribution is 2.27. The number of primary amides is 1. The molecule has 0 fully saturated rings. The molecule has 1 heterocycles. The normalized spacial score (nSPS) is 13.7. The molecule has 8 nitrogen and oxygen atoms in total. The van der Waals surface area contributed by atoms with Crippen LogP contribution in [-0.2, 0) is 15.3 Å². The second kappa shape index (κ2) is 7.07. The fraction of sp³-hybridized carbons (Fsp3) is 0.333. The van der Waals surface area contributed by atoms with Crippen molar-refractivity contribution in [3.63, 3.8) is 0 Å². The molecule has 8 heteroatoms. The lowest BCUT2D eigenvalue weighted by molar-refractivity contribution is -0.153. The molecular weight excluding hydrogens is 334 g/mol. The fourth-order valence-electron chi connectivity index (χ4n) is 2.49. The number of rotatable bonds is 5. The van der Waals surface area contributed by atoms with E-state index < -0.39 is 22.8 Å². The number of aromatic nitrogens is 2. The Hall–Kier alpha value is -3.02. The van der Waals surface area contributed by atoms with Crippen LogP contribution in [0.2, 0.25) is 0 Å². The van der Waals surface area contributed by atoms with Crippen LogP contribution >= 0.6 is 0 Å². The summed E-state index contributed by atoms with van der Waals surface area (Å²) in [5.41, 5.74) is 10.2. The van der Waals surface area contributed by atoms with Crippen molar-refractivity contribution < 1.29 is 9.53 Å². The minimum atomic E-state index is -1.69. The number of H-pyrrole nitrogens is 1. The number of amides is 1. The van der Waals surface area contributed by atoms with Crippen molar-refractivity contribution in [1.82, 2.24) is 9.97 Å². The zero-order valence-corrected chi connectivity index (χ0v) is 14.9. The van der Waals surface area contributed by atoms with Crippen LogP contribution in [0.3, 0.4) is 0 Å². The highest BCUT2D eigenvalue weighted by atomic mass is 16.5. The second-order valence-corrected chi connectivity index (χ2v) is 6.92. The third kappa shape index (κ3) is 4.75. The van der Waals surface area contributed by atoms with Gasteiger partial charge in [-0.2, -0.15) is 5.26 Å². The van der Waals surface area contributed by atoms with E-state index in [1.807, 2.05) is 6.07 Å². The molecule has 2 aromatic rings. The summed E-state index contributed by atoms with van der Waals surface area (Å²) in [6, 6.07) is 9.88. The van der Waals surface area contributed by atoms with Crippen LogP contribution in [0.4, 0.5) is 0 Å². The Bertz CT molecular complexity index is 906. The van der Waals surface area contributed by atoms with Crippen molar-refractivity contribution in [2.24, 2.45) is 11.5 Å². The Morgan fingerprint density at radius 3 is 2.42 bits per heavy atom. The third-order valence-electron chi connectivity index (χ3n) is 3.38. The quantitative estimate of drug-likeness (QED) is 0.684. The molecule has 1 amide bonds. The summed E-state index contributed by atoms with van der Waals surface area (Å²) in [5, 5.41) is 8.89. The molecule has 136 valence electrons. The minimum absolute atomic E-state index is 0.00177. The summed E-state index contributed by atoms with van der Waals surface area (Å²) in [5.74, 6) is -0.693. The average Bonchev–Trinajstić information content (AvgIpc) is 2.52. The van der Waals surface area contributed by atoms with Crippen LogP contribution in [0.1, 0.15) is 38.6 Å². The number of carbonyl (C=O) groups excluding carboxylic acids is 1. The van der Waals surface area contributed by atoms with Gasteiger partial charge in [0.25, 0.3) is 5.56 Å². The molecule has 1 aromatic heterocycles. The summed E-state index contributed by atoms with van der Waals surface area (Å²) in [6.07, 6.45) is -0.357. The predicted molar refractivity (Wildman–Crippen MR) is 95.5 cm³/mol. The molecule has 1 unspecified atom stereocenters. The van der Waals surface area contributed by atoms with Gasteiger partial charge >= 0.3 is 0 Å². The first kappa shape index (κ1) is 19.3. The number of hydrogen-bond acceptors (Lipinski definition) is 6. The highest BCUT2D eigenvalue weighted by molar-refractivity contribution is 5.75. The molecule has 0 aliphatic rings. The van der Waals surface area contributed by atoms with Crippen molar-refractivity contribution in [3.05, 3.63) is 52.1 Å². The number of carbonyl (C=O) groups is 1. The maximum atomic E-state index is 12.1. The molecule has 0 radical (unpaired) electrons. The largest absolute Gasteiger partial charge is 0.370 e.